The number of hydrogen-bond acceptors (Lipinski definition) is 5. The van der Waals surface area contributed by atoms with Crippen molar-refractivity contribution in [2.24, 2.45) is 0 Å². The van der Waals surface area contributed by atoms with Gasteiger partial charge < -0.3 is 9.64 Å². The second-order valence-electron chi connectivity index (χ2n) is 4.74. The number of hydrogen-bond donors (Lipinski definition) is 0. The van der Waals surface area contributed by atoms with Crippen molar-refractivity contribution in [3.8, 4) is 11.8 Å². The van der Waals surface area contributed by atoms with Crippen LogP contribution >= 0.6 is 0 Å². The van der Waals surface area contributed by atoms with E-state index in [1.54, 1.807) is 19.1 Å². The summed E-state index contributed by atoms with van der Waals surface area (Å²) in [5.41, 5.74) is 1.66. The van der Waals surface area contributed by atoms with Gasteiger partial charge in [0.2, 0.25) is 0 Å². The Morgan fingerprint density at radius 3 is 2.68 bits per heavy atom. The highest BCUT2D eigenvalue weighted by molar-refractivity contribution is 5.66. The van der Waals surface area contributed by atoms with Crippen LogP contribution in [0.2, 0.25) is 0 Å². The Morgan fingerprint density at radius 1 is 1.32 bits per heavy atom. The van der Waals surface area contributed by atoms with Crippen LogP contribution in [0.4, 0.5) is 11.4 Å². The van der Waals surface area contributed by atoms with Crippen LogP contribution in [0.15, 0.2) is 42.5 Å². The van der Waals surface area contributed by atoms with Gasteiger partial charge in [0.25, 0.3) is 5.69 Å². The molecule has 0 unspecified atom stereocenters. The molecule has 0 spiro atoms. The molecule has 0 atom stereocenters. The molecule has 112 valence electrons. The van der Waals surface area contributed by atoms with Gasteiger partial charge in [0.1, 0.15) is 11.4 Å². The molecule has 0 aliphatic heterocycles. The Labute approximate surface area is 128 Å². The largest absolute Gasteiger partial charge is 0.496 e. The summed E-state index contributed by atoms with van der Waals surface area (Å²) >= 11 is 0. The smallest absolute Gasteiger partial charge is 0.292 e. The molecule has 2 rings (SSSR count). The van der Waals surface area contributed by atoms with Crippen LogP contribution in [0.25, 0.3) is 0 Å². The molecule has 0 saturated heterocycles. The van der Waals surface area contributed by atoms with Gasteiger partial charge in [-0.1, -0.05) is 18.2 Å². The van der Waals surface area contributed by atoms with Crippen molar-refractivity contribution in [1.29, 1.82) is 5.26 Å². The molecular formula is C16H15N3O3. The molecule has 0 aliphatic carbocycles. The molecule has 0 N–H and O–H groups in total. The Morgan fingerprint density at radius 2 is 2.05 bits per heavy atom. The van der Waals surface area contributed by atoms with E-state index in [9.17, 15) is 10.1 Å². The van der Waals surface area contributed by atoms with Crippen molar-refractivity contribution >= 4 is 11.4 Å². The molecule has 0 heterocycles. The quantitative estimate of drug-likeness (QED) is 0.625. The monoisotopic (exact) mass is 297 g/mol. The topological polar surface area (TPSA) is 79.4 Å². The van der Waals surface area contributed by atoms with Crippen LogP contribution in [-0.2, 0) is 6.54 Å². The fourth-order valence-electron chi connectivity index (χ4n) is 2.23. The first-order valence-electron chi connectivity index (χ1n) is 6.58. The van der Waals surface area contributed by atoms with Gasteiger partial charge in [0, 0.05) is 25.2 Å². The molecule has 2 aromatic rings. The zero-order chi connectivity index (χ0) is 16.1. The summed E-state index contributed by atoms with van der Waals surface area (Å²) in [6.07, 6.45) is 0. The number of methoxy groups -OCH3 is 1. The van der Waals surface area contributed by atoms with Crippen LogP contribution in [0, 0.1) is 21.4 Å². The van der Waals surface area contributed by atoms with Crippen LogP contribution in [-0.4, -0.2) is 19.1 Å². The van der Waals surface area contributed by atoms with Crippen molar-refractivity contribution in [2.75, 3.05) is 19.1 Å². The van der Waals surface area contributed by atoms with E-state index in [2.05, 4.69) is 0 Å². The molecule has 0 saturated carbocycles. The molecule has 0 amide bonds. The third-order valence-corrected chi connectivity index (χ3v) is 3.31. The lowest BCUT2D eigenvalue weighted by Gasteiger charge is -2.20. The number of nitrogens with zero attached hydrogens (tertiary/aromatic N) is 3. The van der Waals surface area contributed by atoms with Crippen LogP contribution < -0.4 is 9.64 Å². The molecule has 6 heteroatoms. The average molecular weight is 297 g/mol. The number of nitro benzene ring substituents is 1. The standard InChI is InChI=1S/C16H15N3O3/c1-18(11-13-5-3-4-6-16(13)22-2)15-9-12(10-17)7-8-14(15)19(20)21/h3-9H,11H2,1-2H3. The normalized spacial score (nSPS) is 9.86. The summed E-state index contributed by atoms with van der Waals surface area (Å²) in [4.78, 5) is 12.5. The molecule has 6 nitrogen and oxygen atoms in total. The molecule has 0 aromatic heterocycles. The summed E-state index contributed by atoms with van der Waals surface area (Å²) in [6.45, 7) is 0.430. The lowest BCUT2D eigenvalue weighted by Crippen LogP contribution is -2.18. The number of nitro groups is 1. The number of para-hydroxylation sites is 1. The first-order chi connectivity index (χ1) is 10.6. The highest BCUT2D eigenvalue weighted by atomic mass is 16.6. The number of benzene rings is 2. The third kappa shape index (κ3) is 3.15. The van der Waals surface area contributed by atoms with E-state index in [0.717, 1.165) is 5.56 Å². The van der Waals surface area contributed by atoms with Gasteiger partial charge in [-0.2, -0.15) is 5.26 Å². The van der Waals surface area contributed by atoms with Crippen LogP contribution in [0.1, 0.15) is 11.1 Å². The minimum absolute atomic E-state index is 0.0311. The molecule has 0 radical (unpaired) electrons. The number of rotatable bonds is 5. The van der Waals surface area contributed by atoms with Gasteiger partial charge in [0.05, 0.1) is 23.7 Å². The summed E-state index contributed by atoms with van der Waals surface area (Å²) in [7, 11) is 3.33. The maximum atomic E-state index is 11.2. The Bertz CT molecular complexity index is 738. The Kier molecular flexibility index (Phi) is 4.59. The molecule has 0 aliphatic rings. The van der Waals surface area contributed by atoms with Gasteiger partial charge in [-0.3, -0.25) is 10.1 Å². The summed E-state index contributed by atoms with van der Waals surface area (Å²) in [6, 6.07) is 13.8. The fraction of sp³-hybridized carbons (Fsp3) is 0.188. The molecule has 2 aromatic carbocycles. The average Bonchev–Trinajstić information content (AvgIpc) is 2.54. The van der Waals surface area contributed by atoms with Gasteiger partial charge in [-0.25, -0.2) is 0 Å². The summed E-state index contributed by atoms with van der Waals surface area (Å²) in [5, 5.41) is 20.2. The summed E-state index contributed by atoms with van der Waals surface area (Å²) < 4.78 is 5.29. The van der Waals surface area contributed by atoms with E-state index in [1.165, 1.54) is 18.2 Å². The van der Waals surface area contributed by atoms with Crippen LogP contribution in [0.3, 0.4) is 0 Å². The lowest BCUT2D eigenvalue weighted by atomic mass is 10.1. The van der Waals surface area contributed by atoms with Crippen molar-refractivity contribution in [2.45, 2.75) is 6.54 Å². The zero-order valence-corrected chi connectivity index (χ0v) is 12.3. The fourth-order valence-corrected chi connectivity index (χ4v) is 2.23. The Balaban J connectivity index is 2.38. The molecular weight excluding hydrogens is 282 g/mol. The molecule has 22 heavy (non-hydrogen) atoms. The predicted octanol–water partition coefficient (Wildman–Crippen LogP) is 3.11. The van der Waals surface area contributed by atoms with Crippen molar-refractivity contribution in [3.63, 3.8) is 0 Å². The second-order valence-corrected chi connectivity index (χ2v) is 4.74. The molecule has 0 bridgehead atoms. The van der Waals surface area contributed by atoms with Crippen molar-refractivity contribution in [3.05, 3.63) is 63.7 Å². The van der Waals surface area contributed by atoms with Gasteiger partial charge in [-0.05, 0) is 18.2 Å². The number of ether oxygens (including phenoxy) is 1. The van der Waals surface area contributed by atoms with Gasteiger partial charge in [0.15, 0.2) is 0 Å². The predicted molar refractivity (Wildman–Crippen MR) is 82.9 cm³/mol. The molecule has 0 fully saturated rings. The number of nitriles is 1. The first kappa shape index (κ1) is 15.3. The highest BCUT2D eigenvalue weighted by Gasteiger charge is 2.18. The van der Waals surface area contributed by atoms with E-state index < -0.39 is 4.92 Å². The zero-order valence-electron chi connectivity index (χ0n) is 12.3. The van der Waals surface area contributed by atoms with E-state index in [-0.39, 0.29) is 5.69 Å². The maximum Gasteiger partial charge on any atom is 0.292 e. The second kappa shape index (κ2) is 6.59. The van der Waals surface area contributed by atoms with Gasteiger partial charge >= 0.3 is 0 Å². The Hall–Kier alpha value is -3.07. The third-order valence-electron chi connectivity index (χ3n) is 3.31. The maximum absolute atomic E-state index is 11.2. The first-order valence-corrected chi connectivity index (χ1v) is 6.58. The van der Waals surface area contributed by atoms with Crippen molar-refractivity contribution < 1.29 is 9.66 Å². The number of anilines is 1. The summed E-state index contributed by atoms with van der Waals surface area (Å²) in [5.74, 6) is 0.716. The lowest BCUT2D eigenvalue weighted by molar-refractivity contribution is -0.384. The minimum atomic E-state index is -0.449. The van der Waals surface area contributed by atoms with E-state index in [1.807, 2.05) is 30.3 Å². The van der Waals surface area contributed by atoms with Crippen LogP contribution in [0.5, 0.6) is 5.75 Å². The SMILES string of the molecule is COc1ccccc1CN(C)c1cc(C#N)ccc1[N+](=O)[O-]. The van der Waals surface area contributed by atoms with Gasteiger partial charge in [-0.15, -0.1) is 0 Å². The van der Waals surface area contributed by atoms with E-state index in [4.69, 9.17) is 10.00 Å². The van der Waals surface area contributed by atoms with E-state index >= 15 is 0 Å². The van der Waals surface area contributed by atoms with E-state index in [0.29, 0.717) is 23.5 Å². The highest BCUT2D eigenvalue weighted by Crippen LogP contribution is 2.30. The minimum Gasteiger partial charge on any atom is -0.496 e. The van der Waals surface area contributed by atoms with Crippen molar-refractivity contribution in [1.82, 2.24) is 0 Å².